The van der Waals surface area contributed by atoms with Crippen LogP contribution in [0.3, 0.4) is 0 Å². The first-order chi connectivity index (χ1) is 12.4. The molecule has 1 saturated heterocycles. The van der Waals surface area contributed by atoms with Crippen LogP contribution in [0.25, 0.3) is 0 Å². The van der Waals surface area contributed by atoms with Crippen LogP contribution in [0.1, 0.15) is 25.3 Å². The molecule has 1 atom stereocenters. The third kappa shape index (κ3) is 9.59. The highest BCUT2D eigenvalue weighted by Crippen LogP contribution is 2.19. The SMILES string of the molecule is CCNC(=NCCCc1cccc(F)c1)NC1CCN(CC(F)(F)F)C1.I. The van der Waals surface area contributed by atoms with E-state index >= 15 is 0 Å². The predicted octanol–water partition coefficient (Wildman–Crippen LogP) is 3.57. The molecule has 154 valence electrons. The Labute approximate surface area is 174 Å². The van der Waals surface area contributed by atoms with Gasteiger partial charge in [-0.1, -0.05) is 12.1 Å². The molecular formula is C18H27F4IN4. The topological polar surface area (TPSA) is 39.7 Å². The van der Waals surface area contributed by atoms with Crippen LogP contribution in [0.2, 0.25) is 0 Å². The minimum atomic E-state index is -4.16. The molecule has 2 N–H and O–H groups in total. The maximum Gasteiger partial charge on any atom is 0.401 e. The number of alkyl halides is 3. The van der Waals surface area contributed by atoms with Crippen molar-refractivity contribution in [1.29, 1.82) is 0 Å². The van der Waals surface area contributed by atoms with Gasteiger partial charge in [-0.05, 0) is 43.9 Å². The lowest BCUT2D eigenvalue weighted by atomic mass is 10.1. The van der Waals surface area contributed by atoms with Crippen LogP contribution >= 0.6 is 24.0 Å². The first kappa shape index (κ1) is 23.9. The molecule has 4 nitrogen and oxygen atoms in total. The van der Waals surface area contributed by atoms with Gasteiger partial charge in [0.15, 0.2) is 5.96 Å². The van der Waals surface area contributed by atoms with Gasteiger partial charge < -0.3 is 10.6 Å². The van der Waals surface area contributed by atoms with Crippen LogP contribution in [0, 0.1) is 5.82 Å². The standard InChI is InChI=1S/C18H26F4N4.HI/c1-2-23-17(24-9-4-6-14-5-3-7-15(19)11-14)25-16-8-10-26(12-16)13-18(20,21)22;/h3,5,7,11,16H,2,4,6,8-10,12-13H2,1H3,(H2,23,24,25);1H. The summed E-state index contributed by atoms with van der Waals surface area (Å²) in [5.41, 5.74) is 0.928. The predicted molar refractivity (Wildman–Crippen MR) is 110 cm³/mol. The maximum atomic E-state index is 13.1. The molecule has 0 spiro atoms. The molecule has 1 aromatic carbocycles. The number of aryl methyl sites for hydroxylation is 1. The minimum Gasteiger partial charge on any atom is -0.357 e. The number of nitrogens with zero attached hydrogens (tertiary/aromatic N) is 2. The number of hydrogen-bond acceptors (Lipinski definition) is 2. The molecule has 1 aliphatic heterocycles. The smallest absolute Gasteiger partial charge is 0.357 e. The summed E-state index contributed by atoms with van der Waals surface area (Å²) in [6, 6.07) is 6.45. The van der Waals surface area contributed by atoms with Gasteiger partial charge in [-0.15, -0.1) is 24.0 Å². The highest BCUT2D eigenvalue weighted by atomic mass is 127. The van der Waals surface area contributed by atoms with Crippen molar-refractivity contribution >= 4 is 29.9 Å². The van der Waals surface area contributed by atoms with Crippen molar-refractivity contribution in [1.82, 2.24) is 15.5 Å². The third-order valence-corrected chi connectivity index (χ3v) is 4.14. The fraction of sp³-hybridized carbons (Fsp3) is 0.611. The van der Waals surface area contributed by atoms with Gasteiger partial charge in [0.2, 0.25) is 0 Å². The summed E-state index contributed by atoms with van der Waals surface area (Å²) in [4.78, 5) is 5.88. The van der Waals surface area contributed by atoms with Crippen LogP contribution in [-0.4, -0.2) is 55.8 Å². The number of likely N-dealkylation sites (tertiary alicyclic amines) is 1. The van der Waals surface area contributed by atoms with Gasteiger partial charge in [0, 0.05) is 32.2 Å². The molecule has 1 heterocycles. The molecule has 1 unspecified atom stereocenters. The van der Waals surface area contributed by atoms with Crippen molar-refractivity contribution < 1.29 is 17.6 Å². The normalized spacial score (nSPS) is 18.3. The maximum absolute atomic E-state index is 13.1. The van der Waals surface area contributed by atoms with E-state index < -0.39 is 12.7 Å². The Morgan fingerprint density at radius 2 is 2.11 bits per heavy atom. The summed E-state index contributed by atoms with van der Waals surface area (Å²) >= 11 is 0. The molecule has 1 fully saturated rings. The highest BCUT2D eigenvalue weighted by Gasteiger charge is 2.34. The zero-order valence-corrected chi connectivity index (χ0v) is 17.7. The summed E-state index contributed by atoms with van der Waals surface area (Å²) < 4.78 is 50.5. The number of aliphatic imine (C=N–C) groups is 1. The van der Waals surface area contributed by atoms with Gasteiger partial charge >= 0.3 is 6.18 Å². The molecule has 0 aromatic heterocycles. The quantitative estimate of drug-likeness (QED) is 0.197. The van der Waals surface area contributed by atoms with E-state index in [0.717, 1.165) is 18.4 Å². The van der Waals surface area contributed by atoms with E-state index in [9.17, 15) is 17.6 Å². The van der Waals surface area contributed by atoms with Crippen LogP contribution in [0.15, 0.2) is 29.3 Å². The molecule has 27 heavy (non-hydrogen) atoms. The van der Waals surface area contributed by atoms with Gasteiger partial charge in [0.25, 0.3) is 0 Å². The lowest BCUT2D eigenvalue weighted by Crippen LogP contribution is -2.45. The van der Waals surface area contributed by atoms with Crippen molar-refractivity contribution in [3.05, 3.63) is 35.6 Å². The van der Waals surface area contributed by atoms with Gasteiger partial charge in [0.1, 0.15) is 5.82 Å². The van der Waals surface area contributed by atoms with E-state index in [0.29, 0.717) is 38.6 Å². The third-order valence-electron chi connectivity index (χ3n) is 4.14. The van der Waals surface area contributed by atoms with Crippen molar-refractivity contribution in [2.45, 2.75) is 38.4 Å². The molecule has 1 aromatic rings. The van der Waals surface area contributed by atoms with Crippen molar-refractivity contribution in [2.24, 2.45) is 4.99 Å². The second-order valence-electron chi connectivity index (χ2n) is 6.47. The van der Waals surface area contributed by atoms with Crippen LogP contribution in [0.5, 0.6) is 0 Å². The molecular weight excluding hydrogens is 475 g/mol. The summed E-state index contributed by atoms with van der Waals surface area (Å²) in [6.45, 7) is 3.09. The molecule has 9 heteroatoms. The molecule has 0 bridgehead atoms. The molecule has 0 amide bonds. The molecule has 2 rings (SSSR count). The Morgan fingerprint density at radius 3 is 2.78 bits per heavy atom. The number of nitrogens with one attached hydrogen (secondary N) is 2. The van der Waals surface area contributed by atoms with E-state index in [1.807, 2.05) is 13.0 Å². The summed E-state index contributed by atoms with van der Waals surface area (Å²) in [7, 11) is 0. The summed E-state index contributed by atoms with van der Waals surface area (Å²) in [5.74, 6) is 0.372. The first-order valence-corrected chi connectivity index (χ1v) is 8.94. The molecule has 0 saturated carbocycles. The van der Waals surface area contributed by atoms with E-state index in [2.05, 4.69) is 15.6 Å². The molecule has 1 aliphatic rings. The Kier molecular flexibility index (Phi) is 10.4. The Balaban J connectivity index is 0.00000364. The van der Waals surface area contributed by atoms with Gasteiger partial charge in [-0.3, -0.25) is 9.89 Å². The van der Waals surface area contributed by atoms with Crippen LogP contribution in [-0.2, 0) is 6.42 Å². The number of rotatable bonds is 7. The lowest BCUT2D eigenvalue weighted by Gasteiger charge is -2.19. The van der Waals surface area contributed by atoms with Crippen molar-refractivity contribution in [3.63, 3.8) is 0 Å². The second-order valence-corrected chi connectivity index (χ2v) is 6.47. The Hall–Kier alpha value is -1.10. The van der Waals surface area contributed by atoms with Crippen molar-refractivity contribution in [2.75, 3.05) is 32.7 Å². The average molecular weight is 502 g/mol. The van der Waals surface area contributed by atoms with Gasteiger partial charge in [-0.25, -0.2) is 4.39 Å². The van der Waals surface area contributed by atoms with E-state index in [1.54, 1.807) is 6.07 Å². The van der Waals surface area contributed by atoms with Gasteiger partial charge in [0.05, 0.1) is 6.54 Å². The van der Waals surface area contributed by atoms with E-state index in [4.69, 9.17) is 0 Å². The van der Waals surface area contributed by atoms with Crippen LogP contribution in [0.4, 0.5) is 17.6 Å². The fourth-order valence-electron chi connectivity index (χ4n) is 3.03. The lowest BCUT2D eigenvalue weighted by molar-refractivity contribution is -0.143. The van der Waals surface area contributed by atoms with Gasteiger partial charge in [-0.2, -0.15) is 13.2 Å². The van der Waals surface area contributed by atoms with Crippen LogP contribution < -0.4 is 10.6 Å². The number of hydrogen-bond donors (Lipinski definition) is 2. The first-order valence-electron chi connectivity index (χ1n) is 8.94. The summed E-state index contributed by atoms with van der Waals surface area (Å²) in [5, 5.41) is 6.33. The fourth-order valence-corrected chi connectivity index (χ4v) is 3.03. The zero-order valence-electron chi connectivity index (χ0n) is 15.4. The minimum absolute atomic E-state index is 0. The highest BCUT2D eigenvalue weighted by molar-refractivity contribution is 14.0. The molecule has 0 aliphatic carbocycles. The number of halogens is 5. The largest absolute Gasteiger partial charge is 0.401 e. The number of guanidine groups is 1. The Morgan fingerprint density at radius 1 is 1.33 bits per heavy atom. The zero-order chi connectivity index (χ0) is 19.0. The van der Waals surface area contributed by atoms with Crippen molar-refractivity contribution in [3.8, 4) is 0 Å². The molecule has 0 radical (unpaired) electrons. The summed E-state index contributed by atoms with van der Waals surface area (Å²) in [6.07, 6.45) is -2.01. The van der Waals surface area contributed by atoms with E-state index in [1.165, 1.54) is 17.0 Å². The van der Waals surface area contributed by atoms with E-state index in [-0.39, 0.29) is 35.8 Å². The number of benzene rings is 1. The monoisotopic (exact) mass is 502 g/mol. The second kappa shape index (κ2) is 11.7. The Bertz CT molecular complexity index is 595. The average Bonchev–Trinajstić information content (AvgIpc) is 2.96.